The van der Waals surface area contributed by atoms with Crippen LogP contribution in [-0.2, 0) is 16.6 Å². The third kappa shape index (κ3) is 3.39. The lowest BCUT2D eigenvalue weighted by atomic mass is 10.0. The predicted molar refractivity (Wildman–Crippen MR) is 138 cm³/mol. The molecule has 0 radical (unpaired) electrons. The van der Waals surface area contributed by atoms with Crippen molar-refractivity contribution in [2.45, 2.75) is 44.6 Å². The van der Waals surface area contributed by atoms with Gasteiger partial charge in [0.25, 0.3) is 5.91 Å². The van der Waals surface area contributed by atoms with Crippen LogP contribution >= 0.6 is 0 Å². The monoisotopic (exact) mass is 481 g/mol. The zero-order valence-electron chi connectivity index (χ0n) is 20.9. The number of hydrogen-bond acceptors (Lipinski definition) is 4. The van der Waals surface area contributed by atoms with Gasteiger partial charge in [0, 0.05) is 43.0 Å². The standard InChI is InChI=1S/C29H31N5O2/c1-28(10-11-28)26(35)33-14-9-19(17-33)18-34-25(31-29(12-13-29)27(34)36)21-5-3-20(4-6-21)22-7-8-24-23(15-22)16-30-32(24)2/h3-8,15-16,19H,9-14,17-18H2,1-2H3/t19-/m1/s1. The van der Waals surface area contributed by atoms with Crippen molar-refractivity contribution in [1.82, 2.24) is 19.6 Å². The molecular weight excluding hydrogens is 450 g/mol. The summed E-state index contributed by atoms with van der Waals surface area (Å²) in [6.45, 7) is 4.26. The number of benzene rings is 2. The van der Waals surface area contributed by atoms with Gasteiger partial charge in [-0.25, -0.2) is 0 Å². The Bertz CT molecular complexity index is 1430. The number of rotatable bonds is 5. The van der Waals surface area contributed by atoms with Crippen LogP contribution in [0, 0.1) is 11.3 Å². The van der Waals surface area contributed by atoms with Gasteiger partial charge in [-0.05, 0) is 61.3 Å². The highest BCUT2D eigenvalue weighted by atomic mass is 16.2. The van der Waals surface area contributed by atoms with Crippen molar-refractivity contribution in [3.63, 3.8) is 0 Å². The largest absolute Gasteiger partial charge is 0.342 e. The molecule has 2 amide bonds. The van der Waals surface area contributed by atoms with Crippen LogP contribution < -0.4 is 0 Å². The third-order valence-corrected chi connectivity index (χ3v) is 8.70. The van der Waals surface area contributed by atoms with Crippen molar-refractivity contribution in [1.29, 1.82) is 0 Å². The average Bonchev–Trinajstić information content (AvgIpc) is 3.72. The van der Waals surface area contributed by atoms with E-state index in [0.29, 0.717) is 18.4 Å². The fourth-order valence-electron chi connectivity index (χ4n) is 5.85. The van der Waals surface area contributed by atoms with Gasteiger partial charge in [0.05, 0.1) is 11.7 Å². The predicted octanol–water partition coefficient (Wildman–Crippen LogP) is 4.01. The molecule has 4 aliphatic rings. The van der Waals surface area contributed by atoms with E-state index in [1.807, 2.05) is 27.7 Å². The molecule has 1 aromatic heterocycles. The number of aromatic nitrogens is 2. The molecule has 7 nitrogen and oxygen atoms in total. The van der Waals surface area contributed by atoms with Crippen molar-refractivity contribution < 1.29 is 9.59 Å². The van der Waals surface area contributed by atoms with Crippen LogP contribution in [-0.4, -0.2) is 62.4 Å². The lowest BCUT2D eigenvalue weighted by Crippen LogP contribution is -2.41. The van der Waals surface area contributed by atoms with E-state index in [1.54, 1.807) is 0 Å². The molecule has 3 aromatic rings. The summed E-state index contributed by atoms with van der Waals surface area (Å²) in [5, 5.41) is 5.46. The molecule has 0 N–H and O–H groups in total. The molecular formula is C29H31N5O2. The van der Waals surface area contributed by atoms with Crippen LogP contribution in [0.5, 0.6) is 0 Å². The van der Waals surface area contributed by atoms with E-state index < -0.39 is 5.54 Å². The maximum atomic E-state index is 13.4. The van der Waals surface area contributed by atoms with E-state index in [9.17, 15) is 9.59 Å². The summed E-state index contributed by atoms with van der Waals surface area (Å²) >= 11 is 0. The van der Waals surface area contributed by atoms with E-state index in [2.05, 4.69) is 54.5 Å². The molecule has 2 aliphatic heterocycles. The summed E-state index contributed by atoms with van der Waals surface area (Å²) in [5.41, 5.74) is 3.69. The number of likely N-dealkylation sites (tertiary alicyclic amines) is 1. The van der Waals surface area contributed by atoms with Crippen molar-refractivity contribution in [2.75, 3.05) is 19.6 Å². The second-order valence-corrected chi connectivity index (χ2v) is 11.5. The highest BCUT2D eigenvalue weighted by Crippen LogP contribution is 2.48. The molecule has 7 rings (SSSR count). The summed E-state index contributed by atoms with van der Waals surface area (Å²) in [7, 11) is 1.95. The Labute approximate surface area is 210 Å². The number of amidine groups is 1. The molecule has 184 valence electrons. The zero-order valence-corrected chi connectivity index (χ0v) is 20.9. The van der Waals surface area contributed by atoms with Crippen LogP contribution in [0.1, 0.15) is 44.6 Å². The molecule has 2 saturated carbocycles. The Morgan fingerprint density at radius 1 is 1.03 bits per heavy atom. The first-order valence-corrected chi connectivity index (χ1v) is 13.1. The summed E-state index contributed by atoms with van der Waals surface area (Å²) in [6.07, 6.45) is 6.51. The van der Waals surface area contributed by atoms with Gasteiger partial charge in [0.2, 0.25) is 5.91 Å². The molecule has 1 spiro atoms. The van der Waals surface area contributed by atoms with Gasteiger partial charge in [0.15, 0.2) is 0 Å². The topological polar surface area (TPSA) is 70.8 Å². The first kappa shape index (κ1) is 21.8. The Balaban J connectivity index is 1.11. The van der Waals surface area contributed by atoms with E-state index >= 15 is 0 Å². The summed E-state index contributed by atoms with van der Waals surface area (Å²) < 4.78 is 1.88. The third-order valence-electron chi connectivity index (χ3n) is 8.70. The minimum atomic E-state index is -0.533. The Morgan fingerprint density at radius 2 is 1.75 bits per heavy atom. The van der Waals surface area contributed by atoms with Crippen molar-refractivity contribution >= 4 is 28.6 Å². The lowest BCUT2D eigenvalue weighted by Gasteiger charge is -2.24. The van der Waals surface area contributed by atoms with Crippen molar-refractivity contribution in [2.24, 2.45) is 23.4 Å². The molecule has 2 aromatic carbocycles. The highest BCUT2D eigenvalue weighted by Gasteiger charge is 2.57. The van der Waals surface area contributed by atoms with Crippen molar-refractivity contribution in [3.8, 4) is 11.1 Å². The summed E-state index contributed by atoms with van der Waals surface area (Å²) in [4.78, 5) is 35.1. The van der Waals surface area contributed by atoms with E-state index in [-0.39, 0.29) is 11.3 Å². The molecule has 2 aliphatic carbocycles. The first-order valence-electron chi connectivity index (χ1n) is 13.1. The minimum absolute atomic E-state index is 0.133. The molecule has 1 saturated heterocycles. The second kappa shape index (κ2) is 7.51. The van der Waals surface area contributed by atoms with Crippen LogP contribution in [0.2, 0.25) is 0 Å². The Kier molecular flexibility index (Phi) is 4.54. The second-order valence-electron chi connectivity index (χ2n) is 11.5. The van der Waals surface area contributed by atoms with E-state index in [4.69, 9.17) is 4.99 Å². The minimum Gasteiger partial charge on any atom is -0.342 e. The Hall–Kier alpha value is -3.48. The van der Waals surface area contributed by atoms with Crippen LogP contribution in [0.25, 0.3) is 22.0 Å². The van der Waals surface area contributed by atoms with Crippen LogP contribution in [0.15, 0.2) is 53.7 Å². The van der Waals surface area contributed by atoms with Gasteiger partial charge < -0.3 is 4.90 Å². The molecule has 3 heterocycles. The molecule has 7 heteroatoms. The SMILES string of the molecule is Cn1ncc2cc(-c3ccc(C4=NC5(CC5)C(=O)N4C[C@@H]4CCN(C(=O)C5(C)CC5)C4)cc3)ccc21. The molecule has 0 bridgehead atoms. The molecule has 3 fully saturated rings. The first-order chi connectivity index (χ1) is 17.4. The number of hydrogen-bond donors (Lipinski definition) is 0. The fourth-order valence-corrected chi connectivity index (χ4v) is 5.85. The number of nitrogens with zero attached hydrogens (tertiary/aromatic N) is 5. The van der Waals surface area contributed by atoms with E-state index in [1.165, 1.54) is 0 Å². The number of fused-ring (bicyclic) bond motifs is 1. The maximum absolute atomic E-state index is 13.4. The molecule has 0 unspecified atom stereocenters. The maximum Gasteiger partial charge on any atom is 0.256 e. The fraction of sp³-hybridized carbons (Fsp3) is 0.448. The van der Waals surface area contributed by atoms with Gasteiger partial charge in [-0.1, -0.05) is 37.3 Å². The lowest BCUT2D eigenvalue weighted by molar-refractivity contribution is -0.135. The summed E-state index contributed by atoms with van der Waals surface area (Å²) in [5.74, 6) is 1.53. The zero-order chi connectivity index (χ0) is 24.7. The Morgan fingerprint density at radius 3 is 2.47 bits per heavy atom. The van der Waals surface area contributed by atoms with Gasteiger partial charge in [-0.3, -0.25) is 24.2 Å². The van der Waals surface area contributed by atoms with Gasteiger partial charge in [-0.2, -0.15) is 5.10 Å². The van der Waals surface area contributed by atoms with Crippen LogP contribution in [0.4, 0.5) is 0 Å². The van der Waals surface area contributed by atoms with Gasteiger partial charge in [-0.15, -0.1) is 0 Å². The number of amides is 2. The molecule has 36 heavy (non-hydrogen) atoms. The van der Waals surface area contributed by atoms with Crippen molar-refractivity contribution in [3.05, 3.63) is 54.2 Å². The quantitative estimate of drug-likeness (QED) is 0.553. The van der Waals surface area contributed by atoms with Crippen LogP contribution in [0.3, 0.4) is 0 Å². The van der Waals surface area contributed by atoms with Gasteiger partial charge >= 0.3 is 0 Å². The smallest absolute Gasteiger partial charge is 0.256 e. The highest BCUT2D eigenvalue weighted by molar-refractivity contribution is 6.16. The van der Waals surface area contributed by atoms with E-state index in [0.717, 1.165) is 78.6 Å². The normalized spacial score (nSPS) is 23.6. The number of carbonyl (C=O) groups excluding carboxylic acids is 2. The number of aryl methyl sites for hydroxylation is 1. The van der Waals surface area contributed by atoms with Gasteiger partial charge in [0.1, 0.15) is 11.4 Å². The number of aliphatic imine (C=N–C) groups is 1. The molecule has 1 atom stereocenters. The average molecular weight is 482 g/mol. The summed E-state index contributed by atoms with van der Waals surface area (Å²) in [6, 6.07) is 14.8. The number of carbonyl (C=O) groups is 2.